The van der Waals surface area contributed by atoms with Crippen LogP contribution in [0.15, 0.2) is 51.0 Å². The van der Waals surface area contributed by atoms with Gasteiger partial charge in [0, 0.05) is 17.2 Å². The van der Waals surface area contributed by atoms with Crippen molar-refractivity contribution >= 4 is 28.3 Å². The highest BCUT2D eigenvalue weighted by Crippen LogP contribution is 2.29. The van der Waals surface area contributed by atoms with Crippen LogP contribution in [0.4, 0.5) is 0 Å². The fraction of sp³-hybridized carbons (Fsp3) is 0.0667. The van der Waals surface area contributed by atoms with Crippen molar-refractivity contribution in [2.24, 2.45) is 0 Å². The zero-order valence-electron chi connectivity index (χ0n) is 10.6. The molecule has 20 heavy (non-hydrogen) atoms. The Balaban J connectivity index is 2.23. The molecule has 0 N–H and O–H groups in total. The van der Waals surface area contributed by atoms with Gasteiger partial charge in [-0.3, -0.25) is 4.79 Å². The van der Waals surface area contributed by atoms with Crippen molar-refractivity contribution in [1.82, 2.24) is 0 Å². The predicted molar refractivity (Wildman–Crippen MR) is 77.1 cm³/mol. The molecule has 100 valence electrons. The van der Waals surface area contributed by atoms with Gasteiger partial charge in [0.1, 0.15) is 0 Å². The molecule has 1 aromatic carbocycles. The van der Waals surface area contributed by atoms with Gasteiger partial charge in [-0.1, -0.05) is 18.2 Å². The Hall–Kier alpha value is -2.40. The maximum absolute atomic E-state index is 12.1. The zero-order valence-corrected chi connectivity index (χ0v) is 11.4. The predicted octanol–water partition coefficient (Wildman–Crippen LogP) is 3.45. The molecular formula is C15H10O4S. The average Bonchev–Trinajstić information content (AvgIpc) is 2.92. The molecule has 0 saturated carbocycles. The summed E-state index contributed by atoms with van der Waals surface area (Å²) >= 11 is 1.47. The summed E-state index contributed by atoms with van der Waals surface area (Å²) in [6.45, 7) is 1.30. The van der Waals surface area contributed by atoms with Gasteiger partial charge < -0.3 is 9.15 Å². The summed E-state index contributed by atoms with van der Waals surface area (Å²) in [5, 5.41) is 2.61. The number of fused-ring (bicyclic) bond motifs is 1. The van der Waals surface area contributed by atoms with E-state index in [-0.39, 0.29) is 11.3 Å². The Morgan fingerprint density at radius 3 is 2.80 bits per heavy atom. The Bertz CT molecular complexity index is 831. The van der Waals surface area contributed by atoms with E-state index in [2.05, 4.69) is 0 Å². The number of carbonyl (C=O) groups excluding carboxylic acids is 1. The number of ether oxygens (including phenoxy) is 1. The second-order valence-electron chi connectivity index (χ2n) is 4.19. The normalized spacial score (nSPS) is 10.7. The van der Waals surface area contributed by atoms with Crippen LogP contribution in [-0.2, 0) is 4.79 Å². The van der Waals surface area contributed by atoms with Crippen molar-refractivity contribution in [3.05, 3.63) is 52.2 Å². The van der Waals surface area contributed by atoms with Gasteiger partial charge in [-0.2, -0.15) is 0 Å². The van der Waals surface area contributed by atoms with E-state index < -0.39 is 11.6 Å². The van der Waals surface area contributed by atoms with Crippen LogP contribution >= 0.6 is 11.3 Å². The highest BCUT2D eigenvalue weighted by Gasteiger charge is 2.12. The van der Waals surface area contributed by atoms with Gasteiger partial charge >= 0.3 is 11.6 Å². The quantitative estimate of drug-likeness (QED) is 0.411. The zero-order chi connectivity index (χ0) is 14.1. The average molecular weight is 286 g/mol. The maximum Gasteiger partial charge on any atom is 0.345 e. The molecule has 0 radical (unpaired) electrons. The van der Waals surface area contributed by atoms with E-state index in [1.807, 2.05) is 23.6 Å². The van der Waals surface area contributed by atoms with Crippen LogP contribution in [0, 0.1) is 0 Å². The first-order valence-corrected chi connectivity index (χ1v) is 6.82. The molecule has 0 fully saturated rings. The van der Waals surface area contributed by atoms with Crippen molar-refractivity contribution in [2.75, 3.05) is 0 Å². The van der Waals surface area contributed by atoms with Crippen LogP contribution in [0.1, 0.15) is 6.92 Å². The third-order valence-corrected chi connectivity index (χ3v) is 3.67. The highest BCUT2D eigenvalue weighted by molar-refractivity contribution is 7.13. The largest absolute Gasteiger partial charge is 0.423 e. The fourth-order valence-corrected chi connectivity index (χ4v) is 2.69. The number of benzene rings is 1. The molecule has 3 rings (SSSR count). The fourth-order valence-electron chi connectivity index (χ4n) is 1.96. The van der Waals surface area contributed by atoms with Crippen LogP contribution in [0.5, 0.6) is 5.75 Å². The lowest BCUT2D eigenvalue weighted by atomic mass is 10.1. The topological polar surface area (TPSA) is 56.5 Å². The highest BCUT2D eigenvalue weighted by atomic mass is 32.1. The van der Waals surface area contributed by atoms with Gasteiger partial charge in [0.05, 0.1) is 5.56 Å². The summed E-state index contributed by atoms with van der Waals surface area (Å²) in [7, 11) is 0. The molecule has 0 amide bonds. The number of para-hydroxylation sites is 1. The van der Waals surface area contributed by atoms with Gasteiger partial charge in [0.2, 0.25) is 0 Å². The van der Waals surface area contributed by atoms with Crippen molar-refractivity contribution in [1.29, 1.82) is 0 Å². The van der Waals surface area contributed by atoms with Crippen LogP contribution < -0.4 is 10.4 Å². The minimum Gasteiger partial charge on any atom is -0.423 e. The molecule has 0 aliphatic heterocycles. The second kappa shape index (κ2) is 4.94. The molecule has 0 aliphatic rings. The van der Waals surface area contributed by atoms with Gasteiger partial charge in [-0.15, -0.1) is 11.3 Å². The van der Waals surface area contributed by atoms with Crippen LogP contribution in [-0.4, -0.2) is 5.97 Å². The standard InChI is InChI=1S/C15H10O4S/c1-9(16)18-12-5-2-4-10-8-11(13-6-3-7-20-13)15(17)19-14(10)12/h2-8H,1H3. The first-order chi connectivity index (χ1) is 9.65. The summed E-state index contributed by atoms with van der Waals surface area (Å²) in [5.41, 5.74) is 0.347. The Kier molecular flexibility index (Phi) is 3.12. The lowest BCUT2D eigenvalue weighted by Crippen LogP contribution is -2.05. The summed E-state index contributed by atoms with van der Waals surface area (Å²) < 4.78 is 10.4. The number of hydrogen-bond donors (Lipinski definition) is 0. The van der Waals surface area contributed by atoms with E-state index in [1.165, 1.54) is 18.3 Å². The number of hydrogen-bond acceptors (Lipinski definition) is 5. The van der Waals surface area contributed by atoms with Crippen LogP contribution in [0.25, 0.3) is 21.4 Å². The number of carbonyl (C=O) groups is 1. The van der Waals surface area contributed by atoms with E-state index in [0.717, 1.165) is 4.88 Å². The summed E-state index contributed by atoms with van der Waals surface area (Å²) in [5.74, 6) is -0.202. The van der Waals surface area contributed by atoms with E-state index in [1.54, 1.807) is 18.2 Å². The van der Waals surface area contributed by atoms with Crippen molar-refractivity contribution in [3.8, 4) is 16.2 Å². The maximum atomic E-state index is 12.1. The molecule has 4 nitrogen and oxygen atoms in total. The summed E-state index contributed by atoms with van der Waals surface area (Å²) in [6, 6.07) is 10.6. The molecule has 0 unspecified atom stereocenters. The third kappa shape index (κ3) is 2.23. The number of esters is 1. The van der Waals surface area contributed by atoms with Gasteiger partial charge in [0.15, 0.2) is 11.3 Å². The summed E-state index contributed by atoms with van der Waals surface area (Å²) in [6.07, 6.45) is 0. The lowest BCUT2D eigenvalue weighted by Gasteiger charge is -2.05. The molecule has 5 heteroatoms. The first kappa shape index (κ1) is 12.6. The number of rotatable bonds is 2. The molecule has 0 atom stereocenters. The van der Waals surface area contributed by atoms with Crippen molar-refractivity contribution in [2.45, 2.75) is 6.92 Å². The minimum absolute atomic E-state index is 0.254. The van der Waals surface area contributed by atoms with Crippen molar-refractivity contribution < 1.29 is 13.9 Å². The van der Waals surface area contributed by atoms with E-state index >= 15 is 0 Å². The lowest BCUT2D eigenvalue weighted by molar-refractivity contribution is -0.131. The SMILES string of the molecule is CC(=O)Oc1cccc2cc(-c3cccs3)c(=O)oc12. The molecule has 2 aromatic heterocycles. The summed E-state index contributed by atoms with van der Waals surface area (Å²) in [4.78, 5) is 24.0. The Morgan fingerprint density at radius 2 is 2.10 bits per heavy atom. The van der Waals surface area contributed by atoms with E-state index in [0.29, 0.717) is 10.9 Å². The molecular weight excluding hydrogens is 276 g/mol. The van der Waals surface area contributed by atoms with E-state index in [9.17, 15) is 9.59 Å². The number of thiophene rings is 1. The molecule has 2 heterocycles. The monoisotopic (exact) mass is 286 g/mol. The van der Waals surface area contributed by atoms with Crippen LogP contribution in [0.3, 0.4) is 0 Å². The molecule has 0 aliphatic carbocycles. The van der Waals surface area contributed by atoms with Crippen LogP contribution in [0.2, 0.25) is 0 Å². The minimum atomic E-state index is -0.456. The Labute approximate surface area is 118 Å². The molecule has 0 saturated heterocycles. The second-order valence-corrected chi connectivity index (χ2v) is 5.14. The van der Waals surface area contributed by atoms with E-state index in [4.69, 9.17) is 9.15 Å². The van der Waals surface area contributed by atoms with Gasteiger partial charge in [-0.05, 0) is 23.6 Å². The Morgan fingerprint density at radius 1 is 1.25 bits per heavy atom. The smallest absolute Gasteiger partial charge is 0.345 e. The third-order valence-electron chi connectivity index (χ3n) is 2.76. The molecule has 0 bridgehead atoms. The molecule has 3 aromatic rings. The molecule has 0 spiro atoms. The van der Waals surface area contributed by atoms with Crippen molar-refractivity contribution in [3.63, 3.8) is 0 Å². The van der Waals surface area contributed by atoms with Gasteiger partial charge in [0.25, 0.3) is 0 Å². The first-order valence-electron chi connectivity index (χ1n) is 5.94. The van der Waals surface area contributed by atoms with Gasteiger partial charge in [-0.25, -0.2) is 4.79 Å².